The van der Waals surface area contributed by atoms with Crippen molar-refractivity contribution in [2.75, 3.05) is 48.6 Å². The van der Waals surface area contributed by atoms with Crippen molar-refractivity contribution in [1.29, 1.82) is 0 Å². The Morgan fingerprint density at radius 1 is 0.321 bits per heavy atom. The number of nitrogens with one attached hydrogen (secondary N) is 2. The van der Waals surface area contributed by atoms with E-state index >= 15 is 0 Å². The molecular weight excluding hydrogens is 1480 g/mol. The molecule has 6 aromatic carbocycles. The van der Waals surface area contributed by atoms with Crippen LogP contribution in [0.4, 0.5) is 22.7 Å². The van der Waals surface area contributed by atoms with E-state index in [9.17, 15) is 0 Å². The van der Waals surface area contributed by atoms with Crippen LogP contribution < -0.4 is 20.4 Å². The van der Waals surface area contributed by atoms with Gasteiger partial charge in [0.05, 0.1) is 0 Å². The molecule has 0 saturated heterocycles. The first kappa shape index (κ1) is 102. The quantitative estimate of drug-likeness (QED) is 0.171. The van der Waals surface area contributed by atoms with E-state index < -0.39 is 0 Å². The Balaban J connectivity index is -0.000000107. The summed E-state index contributed by atoms with van der Waals surface area (Å²) in [5.74, 6) is 0. The van der Waals surface area contributed by atoms with Crippen molar-refractivity contribution < 1.29 is 196 Å². The number of benzene rings is 6. The van der Waals surface area contributed by atoms with Gasteiger partial charge in [-0.15, -0.1) is 38.5 Å². The van der Waals surface area contributed by atoms with Crippen LogP contribution in [0.5, 0.6) is 0 Å². The van der Waals surface area contributed by atoms with Crippen molar-refractivity contribution in [2.45, 2.75) is 52.4 Å². The van der Waals surface area contributed by atoms with Crippen LogP contribution in [0, 0.1) is 83.8 Å². The molecule has 0 aromatic heterocycles. The SMILES string of the molecule is C=CC1=C(C=C)N(C)[CH-]C1.C=CC1=C(C=C)N(C)[CH-]C1.CC.CN1[CH-]Cc2ccccc21.CN1[CH-]Cc2ccccc21.[CH3-].[CH3-].[CH3-].[CH3-].[CH3-].[CH3-].[Y].[Y].[Y].[Y].[Y].[Y].c1ccc2c(c1)C[CH-]N2.c1ccc2c(c1)C[CH-]N2.c1ccccc1.c1ccccc1. The maximum atomic E-state index is 3.72. The van der Waals surface area contributed by atoms with E-state index in [0.29, 0.717) is 0 Å². The molecule has 84 heavy (non-hydrogen) atoms. The molecule has 6 radical (unpaired) electrons. The summed E-state index contributed by atoms with van der Waals surface area (Å²) in [5.41, 5.74) is 15.8. The molecule has 444 valence electrons. The Morgan fingerprint density at radius 2 is 0.571 bits per heavy atom. The van der Waals surface area contributed by atoms with E-state index in [1.165, 1.54) is 67.5 Å². The fraction of sp³-hybridized carbons (Fsp3) is 0.167. The summed E-state index contributed by atoms with van der Waals surface area (Å²) in [6.07, 6.45) is 13.8. The topological polar surface area (TPSA) is 37.0 Å². The molecule has 6 aliphatic rings. The number of fused-ring (bicyclic) bond motifs is 4. The van der Waals surface area contributed by atoms with Gasteiger partial charge in [-0.3, -0.25) is 0 Å². The Hall–Kier alpha value is -0.817. The average Bonchev–Trinajstić information content (AvgIpc) is 4.34. The summed E-state index contributed by atoms with van der Waals surface area (Å²) in [5, 5.41) is 6.35. The second-order valence-electron chi connectivity index (χ2n) is 16.6. The van der Waals surface area contributed by atoms with E-state index in [1.807, 2.05) is 137 Å². The molecule has 0 amide bonds. The van der Waals surface area contributed by atoms with Gasteiger partial charge in [-0.2, -0.15) is 0 Å². The second-order valence-corrected chi connectivity index (χ2v) is 16.6. The molecule has 6 heterocycles. The zero-order chi connectivity index (χ0) is 51.8. The molecule has 2 N–H and O–H groups in total. The van der Waals surface area contributed by atoms with Gasteiger partial charge in [0, 0.05) is 230 Å². The molecule has 12 heteroatoms. The molecule has 6 aliphatic heterocycles. The van der Waals surface area contributed by atoms with Crippen molar-refractivity contribution in [3.8, 4) is 0 Å². The van der Waals surface area contributed by atoms with Crippen molar-refractivity contribution in [3.63, 3.8) is 0 Å². The normalized spacial score (nSPS) is 12.3. The molecule has 0 aliphatic carbocycles. The Morgan fingerprint density at radius 3 is 0.810 bits per heavy atom. The average molecular weight is 1580 g/mol. The number of hydrogen-bond donors (Lipinski definition) is 2. The van der Waals surface area contributed by atoms with Gasteiger partial charge in [0.25, 0.3) is 0 Å². The van der Waals surface area contributed by atoms with Crippen molar-refractivity contribution in [3.05, 3.63) is 349 Å². The first-order valence-electron chi connectivity index (χ1n) is 25.0. The van der Waals surface area contributed by atoms with E-state index in [1.54, 1.807) is 0 Å². The molecule has 6 nitrogen and oxygen atoms in total. The van der Waals surface area contributed by atoms with Crippen LogP contribution >= 0.6 is 0 Å². The van der Waals surface area contributed by atoms with Crippen LogP contribution in [0.2, 0.25) is 0 Å². The predicted molar refractivity (Wildman–Crippen MR) is 353 cm³/mol. The van der Waals surface area contributed by atoms with Crippen molar-refractivity contribution >= 4 is 22.7 Å². The largest absolute Gasteiger partial charge is 0.535 e. The third-order valence-corrected chi connectivity index (χ3v) is 11.9. The molecule has 0 saturated carbocycles. The van der Waals surface area contributed by atoms with Gasteiger partial charge in [-0.05, 0) is 64.6 Å². The minimum absolute atomic E-state index is 0. The summed E-state index contributed by atoms with van der Waals surface area (Å²) in [4.78, 5) is 8.50. The van der Waals surface area contributed by atoms with Crippen LogP contribution in [-0.2, 0) is 222 Å². The van der Waals surface area contributed by atoms with Crippen molar-refractivity contribution in [2.24, 2.45) is 0 Å². The fourth-order valence-corrected chi connectivity index (χ4v) is 7.97. The Bertz CT molecular complexity index is 2310. The number of para-hydroxylation sites is 4. The Labute approximate surface area is 668 Å². The summed E-state index contributed by atoms with van der Waals surface area (Å²) in [6.45, 7) is 31.7. The first-order valence-corrected chi connectivity index (χ1v) is 25.0. The van der Waals surface area contributed by atoms with Crippen LogP contribution in [0.25, 0.3) is 0 Å². The van der Waals surface area contributed by atoms with Gasteiger partial charge in [-0.1, -0.05) is 231 Å². The van der Waals surface area contributed by atoms with Gasteiger partial charge in [-0.25, -0.2) is 39.3 Å². The number of hydrogen-bond acceptors (Lipinski definition) is 6. The molecule has 0 spiro atoms. The van der Waals surface area contributed by atoms with Gasteiger partial charge < -0.3 is 74.8 Å². The molecular formula is C72H96N6Y6-12. The number of nitrogens with zero attached hydrogens (tertiary/aromatic N) is 4. The number of allylic oxidation sites excluding steroid dienone is 4. The number of likely N-dealkylation sites (N-methyl/N-ethyl adjacent to an activating group) is 4. The number of anilines is 4. The van der Waals surface area contributed by atoms with E-state index in [4.69, 9.17) is 0 Å². The number of rotatable bonds is 4. The first-order chi connectivity index (χ1) is 35.3. The maximum Gasteiger partial charge on any atom is 0.00756 e. The Kier molecular flexibility index (Phi) is 75.8. The molecule has 0 bridgehead atoms. The molecule has 12 rings (SSSR count). The predicted octanol–water partition coefficient (Wildman–Crippen LogP) is 18.6. The van der Waals surface area contributed by atoms with Gasteiger partial charge in [0.15, 0.2) is 0 Å². The maximum absolute atomic E-state index is 3.72. The summed E-state index contributed by atoms with van der Waals surface area (Å²) >= 11 is 0. The fourth-order valence-electron chi connectivity index (χ4n) is 7.97. The van der Waals surface area contributed by atoms with E-state index in [0.717, 1.165) is 38.5 Å². The zero-order valence-corrected chi connectivity index (χ0v) is 70.3. The van der Waals surface area contributed by atoms with Crippen LogP contribution in [-0.4, -0.2) is 38.0 Å². The minimum Gasteiger partial charge on any atom is -0.535 e. The van der Waals surface area contributed by atoms with Crippen LogP contribution in [0.15, 0.2) is 243 Å². The van der Waals surface area contributed by atoms with Gasteiger partial charge in [0.1, 0.15) is 0 Å². The molecule has 0 atom stereocenters. The van der Waals surface area contributed by atoms with Crippen molar-refractivity contribution in [1.82, 2.24) is 9.80 Å². The summed E-state index contributed by atoms with van der Waals surface area (Å²) in [7, 11) is 8.22. The zero-order valence-electron chi connectivity index (χ0n) is 53.3. The van der Waals surface area contributed by atoms with E-state index in [2.05, 4.69) is 195 Å². The minimum atomic E-state index is 0. The van der Waals surface area contributed by atoms with Gasteiger partial charge >= 0.3 is 0 Å². The molecule has 0 fully saturated rings. The molecule has 6 aromatic rings. The second kappa shape index (κ2) is 62.4. The smallest absolute Gasteiger partial charge is 0.00756 e. The third kappa shape index (κ3) is 36.7. The third-order valence-electron chi connectivity index (χ3n) is 11.9. The molecule has 0 unspecified atom stereocenters. The standard InChI is InChI=1S/2C9H10N.2C9H12N.2C8H8N.2C6H6.C2H6.6CH3.6Y/c2*1-10-7-6-8-4-2-3-5-9(8)10;2*1-4-8-6-7-10(3)9(8)5-2;2*1-2-4-8-7(3-1)5-6-9-8;2*1-2-4-6-5-3-1;1-2;;;;;;;;;;;;/h2*2-5,7H,6H2,1H3;2*4-5,7H,1-2,6H2,3H3;2*1-4,6,9H,5H2;2*1-6H;1-2H3;6*1H3;;;;;;/q6*-1;;;;6*-1;;;;;;. The van der Waals surface area contributed by atoms with Crippen LogP contribution in [0.1, 0.15) is 48.9 Å². The van der Waals surface area contributed by atoms with Gasteiger partial charge in [0.2, 0.25) is 0 Å². The van der Waals surface area contributed by atoms with E-state index in [-0.39, 0.29) is 241 Å². The monoisotopic (exact) mass is 1580 g/mol. The van der Waals surface area contributed by atoms with Crippen LogP contribution in [0.3, 0.4) is 0 Å². The summed E-state index contributed by atoms with van der Waals surface area (Å²) < 4.78 is 0. The summed E-state index contributed by atoms with van der Waals surface area (Å²) in [6, 6.07) is 57.7.